The molecule has 0 saturated heterocycles. The van der Waals surface area contributed by atoms with Crippen LogP contribution < -0.4 is 5.32 Å². The first-order chi connectivity index (χ1) is 10.5. The van der Waals surface area contributed by atoms with E-state index in [1.54, 1.807) is 11.8 Å². The molecule has 0 saturated carbocycles. The zero-order valence-electron chi connectivity index (χ0n) is 13.0. The summed E-state index contributed by atoms with van der Waals surface area (Å²) < 4.78 is 1.75. The fourth-order valence-electron chi connectivity index (χ4n) is 1.87. The molecule has 7 heteroatoms. The van der Waals surface area contributed by atoms with Gasteiger partial charge in [0, 0.05) is 0 Å². The van der Waals surface area contributed by atoms with Crippen LogP contribution in [0.1, 0.15) is 29.7 Å². The number of aryl methyl sites for hydroxylation is 2. The van der Waals surface area contributed by atoms with Crippen molar-refractivity contribution in [3.63, 3.8) is 0 Å². The average molecular weight is 354 g/mol. The second kappa shape index (κ2) is 7.99. The minimum atomic E-state index is 0.00331. The van der Waals surface area contributed by atoms with Crippen molar-refractivity contribution in [2.45, 2.75) is 35.5 Å². The van der Waals surface area contributed by atoms with E-state index in [-0.39, 0.29) is 11.9 Å². The largest absolute Gasteiger partial charge is 0.349 e. The number of nitrogens with zero attached hydrogens (tertiary/aromatic N) is 2. The lowest BCUT2D eigenvalue weighted by Crippen LogP contribution is -2.28. The lowest BCUT2D eigenvalue weighted by atomic mass is 10.0. The third-order valence-electron chi connectivity index (χ3n) is 3.30. The zero-order chi connectivity index (χ0) is 16.1. The van der Waals surface area contributed by atoms with E-state index in [9.17, 15) is 4.79 Å². The molecule has 2 aromatic rings. The van der Waals surface area contributed by atoms with Gasteiger partial charge in [0.1, 0.15) is 0 Å². The van der Waals surface area contributed by atoms with Crippen LogP contribution in [0.5, 0.6) is 0 Å². The minimum Gasteiger partial charge on any atom is -0.349 e. The van der Waals surface area contributed by atoms with Crippen molar-refractivity contribution in [1.29, 1.82) is 0 Å². The Morgan fingerprint density at radius 2 is 2.00 bits per heavy atom. The highest BCUT2D eigenvalue weighted by molar-refractivity contribution is 8.03. The number of carbonyl (C=O) groups excluding carboxylic acids is 1. The molecule has 2 rings (SSSR count). The summed E-state index contributed by atoms with van der Waals surface area (Å²) in [5.74, 6) is 0.370. The van der Waals surface area contributed by atoms with Crippen LogP contribution in [-0.4, -0.2) is 28.1 Å². The third-order valence-corrected chi connectivity index (χ3v) is 6.33. The first-order valence-corrected chi connectivity index (χ1v) is 9.89. The molecular weight excluding hydrogens is 334 g/mol. The Morgan fingerprint density at radius 1 is 1.27 bits per heavy atom. The smallest absolute Gasteiger partial charge is 0.230 e. The van der Waals surface area contributed by atoms with E-state index < -0.39 is 0 Å². The van der Waals surface area contributed by atoms with Crippen molar-refractivity contribution in [1.82, 2.24) is 15.5 Å². The van der Waals surface area contributed by atoms with Gasteiger partial charge in [-0.25, -0.2) is 0 Å². The van der Waals surface area contributed by atoms with Crippen molar-refractivity contribution in [2.24, 2.45) is 0 Å². The number of benzene rings is 1. The molecule has 0 aliphatic heterocycles. The van der Waals surface area contributed by atoms with Crippen molar-refractivity contribution >= 4 is 40.8 Å². The standard InChI is InChI=1S/C15H19N3OS3/c1-9-5-6-12(7-10(9)2)11(3)16-13(19)8-21-15-18-17-14(20-4)22-15/h5-7,11H,8H2,1-4H3,(H,16,19). The van der Waals surface area contributed by atoms with E-state index in [4.69, 9.17) is 0 Å². The molecule has 4 nitrogen and oxygen atoms in total. The Kier molecular flexibility index (Phi) is 6.28. The molecule has 0 radical (unpaired) electrons. The topological polar surface area (TPSA) is 54.9 Å². The third kappa shape index (κ3) is 4.72. The summed E-state index contributed by atoms with van der Waals surface area (Å²) in [5.41, 5.74) is 3.63. The van der Waals surface area contributed by atoms with Gasteiger partial charge in [0.25, 0.3) is 0 Å². The number of amides is 1. The minimum absolute atomic E-state index is 0.00331. The van der Waals surface area contributed by atoms with E-state index in [0.717, 1.165) is 14.2 Å². The highest BCUT2D eigenvalue weighted by atomic mass is 32.2. The SMILES string of the molecule is CSc1nnc(SCC(=O)NC(C)c2ccc(C)c(C)c2)s1. The molecule has 1 atom stereocenters. The molecule has 0 aliphatic rings. The lowest BCUT2D eigenvalue weighted by Gasteiger charge is -2.15. The molecule has 1 heterocycles. The van der Waals surface area contributed by atoms with Gasteiger partial charge in [-0.05, 0) is 43.7 Å². The Balaban J connectivity index is 1.86. The van der Waals surface area contributed by atoms with Crippen LogP contribution in [0.25, 0.3) is 0 Å². The zero-order valence-corrected chi connectivity index (χ0v) is 15.5. The van der Waals surface area contributed by atoms with Crippen molar-refractivity contribution in [3.8, 4) is 0 Å². The maximum atomic E-state index is 12.0. The van der Waals surface area contributed by atoms with E-state index in [2.05, 4.69) is 47.6 Å². The first kappa shape index (κ1) is 17.3. The quantitative estimate of drug-likeness (QED) is 0.800. The Morgan fingerprint density at radius 3 is 2.64 bits per heavy atom. The average Bonchev–Trinajstić information content (AvgIpc) is 2.96. The lowest BCUT2D eigenvalue weighted by molar-refractivity contribution is -0.119. The fraction of sp³-hybridized carbons (Fsp3) is 0.400. The van der Waals surface area contributed by atoms with Gasteiger partial charge >= 0.3 is 0 Å². The number of rotatable bonds is 6. The van der Waals surface area contributed by atoms with Gasteiger partial charge < -0.3 is 5.32 Å². The summed E-state index contributed by atoms with van der Waals surface area (Å²) in [4.78, 5) is 12.0. The molecule has 0 bridgehead atoms. The maximum absolute atomic E-state index is 12.0. The van der Waals surface area contributed by atoms with Crippen LogP contribution in [0.2, 0.25) is 0 Å². The summed E-state index contributed by atoms with van der Waals surface area (Å²) in [5, 5.41) is 11.1. The number of hydrogen-bond donors (Lipinski definition) is 1. The molecule has 1 aromatic heterocycles. The number of hydrogen-bond acceptors (Lipinski definition) is 6. The Labute approximate surface area is 143 Å². The van der Waals surface area contributed by atoms with Crippen LogP contribution in [0.15, 0.2) is 26.9 Å². The van der Waals surface area contributed by atoms with Gasteiger partial charge in [-0.1, -0.05) is 53.1 Å². The summed E-state index contributed by atoms with van der Waals surface area (Å²) in [7, 11) is 0. The number of thioether (sulfide) groups is 2. The summed E-state index contributed by atoms with van der Waals surface area (Å²) in [6.07, 6.45) is 1.97. The fourth-order valence-corrected chi connectivity index (χ4v) is 4.11. The summed E-state index contributed by atoms with van der Waals surface area (Å²) in [6.45, 7) is 6.18. The maximum Gasteiger partial charge on any atom is 0.230 e. The van der Waals surface area contributed by atoms with Gasteiger partial charge in [-0.2, -0.15) is 0 Å². The van der Waals surface area contributed by atoms with E-state index in [1.165, 1.54) is 34.2 Å². The number of aromatic nitrogens is 2. The molecule has 1 N–H and O–H groups in total. The predicted octanol–water partition coefficient (Wildman–Crippen LogP) is 3.85. The monoisotopic (exact) mass is 353 g/mol. The van der Waals surface area contributed by atoms with E-state index >= 15 is 0 Å². The highest BCUT2D eigenvalue weighted by Gasteiger charge is 2.12. The Bertz CT molecular complexity index is 657. The highest BCUT2D eigenvalue weighted by Crippen LogP contribution is 2.27. The van der Waals surface area contributed by atoms with Gasteiger partial charge in [-0.15, -0.1) is 10.2 Å². The van der Waals surface area contributed by atoms with Crippen molar-refractivity contribution in [3.05, 3.63) is 34.9 Å². The van der Waals surface area contributed by atoms with Crippen LogP contribution in [0, 0.1) is 13.8 Å². The van der Waals surface area contributed by atoms with E-state index in [0.29, 0.717) is 5.75 Å². The summed E-state index contributed by atoms with van der Waals surface area (Å²) in [6, 6.07) is 6.29. The van der Waals surface area contributed by atoms with Gasteiger partial charge in [-0.3, -0.25) is 4.79 Å². The summed E-state index contributed by atoms with van der Waals surface area (Å²) >= 11 is 4.51. The Hall–Kier alpha value is -1.05. The molecule has 1 aromatic carbocycles. The molecule has 22 heavy (non-hydrogen) atoms. The van der Waals surface area contributed by atoms with Gasteiger partial charge in [0.15, 0.2) is 8.68 Å². The van der Waals surface area contributed by atoms with Gasteiger partial charge in [0.05, 0.1) is 11.8 Å². The van der Waals surface area contributed by atoms with Crippen molar-refractivity contribution in [2.75, 3.05) is 12.0 Å². The van der Waals surface area contributed by atoms with Crippen LogP contribution >= 0.6 is 34.9 Å². The molecular formula is C15H19N3OS3. The molecule has 0 fully saturated rings. The first-order valence-electron chi connectivity index (χ1n) is 6.86. The number of carbonyl (C=O) groups is 1. The van der Waals surface area contributed by atoms with Crippen LogP contribution in [0.4, 0.5) is 0 Å². The van der Waals surface area contributed by atoms with Crippen LogP contribution in [0.3, 0.4) is 0 Å². The second-order valence-electron chi connectivity index (χ2n) is 4.96. The molecule has 1 unspecified atom stereocenters. The van der Waals surface area contributed by atoms with Crippen molar-refractivity contribution < 1.29 is 4.79 Å². The van der Waals surface area contributed by atoms with Gasteiger partial charge in [0.2, 0.25) is 5.91 Å². The second-order valence-corrected chi connectivity index (χ2v) is 8.21. The number of nitrogens with one attached hydrogen (secondary N) is 1. The van der Waals surface area contributed by atoms with E-state index in [1.807, 2.05) is 13.2 Å². The molecule has 0 spiro atoms. The van der Waals surface area contributed by atoms with Crippen LogP contribution in [-0.2, 0) is 4.79 Å². The molecule has 1 amide bonds. The molecule has 118 valence electrons. The predicted molar refractivity (Wildman–Crippen MR) is 94.9 cm³/mol. The normalized spacial score (nSPS) is 12.2. The molecule has 0 aliphatic carbocycles.